The standard InChI is InChI=1S/C18H25NO3/c1-18(2,3)15-6-4-14(5-7-15)17(22)19-10-8-13(9-11-19)12-16(20)21/h4-7,13H,8-12H2,1-3H3,(H,20,21). The zero-order valence-electron chi connectivity index (χ0n) is 13.6. The normalized spacial score (nSPS) is 16.6. The van der Waals surface area contributed by atoms with Crippen molar-refractivity contribution in [2.45, 2.75) is 45.4 Å². The van der Waals surface area contributed by atoms with Crippen LogP contribution in [0.3, 0.4) is 0 Å². The second-order valence-electron chi connectivity index (χ2n) is 7.16. The van der Waals surface area contributed by atoms with Gasteiger partial charge in [-0.3, -0.25) is 9.59 Å². The van der Waals surface area contributed by atoms with Crippen molar-refractivity contribution < 1.29 is 14.7 Å². The lowest BCUT2D eigenvalue weighted by Crippen LogP contribution is -2.38. The largest absolute Gasteiger partial charge is 0.481 e. The SMILES string of the molecule is CC(C)(C)c1ccc(C(=O)N2CCC(CC(=O)O)CC2)cc1. The van der Waals surface area contributed by atoms with Gasteiger partial charge in [0.2, 0.25) is 0 Å². The van der Waals surface area contributed by atoms with Crippen LogP contribution in [-0.4, -0.2) is 35.0 Å². The van der Waals surface area contributed by atoms with E-state index < -0.39 is 5.97 Å². The third-order valence-electron chi connectivity index (χ3n) is 4.36. The summed E-state index contributed by atoms with van der Waals surface area (Å²) in [6.45, 7) is 7.75. The van der Waals surface area contributed by atoms with E-state index in [1.807, 2.05) is 29.2 Å². The Morgan fingerprint density at radius 3 is 2.14 bits per heavy atom. The van der Waals surface area contributed by atoms with Crippen LogP contribution < -0.4 is 0 Å². The number of likely N-dealkylation sites (tertiary alicyclic amines) is 1. The molecule has 1 N–H and O–H groups in total. The van der Waals surface area contributed by atoms with Gasteiger partial charge in [0, 0.05) is 25.1 Å². The molecule has 1 aliphatic rings. The van der Waals surface area contributed by atoms with Crippen LogP contribution in [0.4, 0.5) is 0 Å². The lowest BCUT2D eigenvalue weighted by molar-refractivity contribution is -0.138. The lowest BCUT2D eigenvalue weighted by Gasteiger charge is -2.31. The van der Waals surface area contributed by atoms with Crippen LogP contribution in [0, 0.1) is 5.92 Å². The Kier molecular flexibility index (Phi) is 4.89. The molecule has 0 saturated carbocycles. The summed E-state index contributed by atoms with van der Waals surface area (Å²) in [5.74, 6) is -0.499. The summed E-state index contributed by atoms with van der Waals surface area (Å²) >= 11 is 0. The summed E-state index contributed by atoms with van der Waals surface area (Å²) in [6, 6.07) is 7.83. The first-order chi connectivity index (χ1) is 10.3. The highest BCUT2D eigenvalue weighted by Crippen LogP contribution is 2.24. The Morgan fingerprint density at radius 1 is 1.14 bits per heavy atom. The number of aliphatic carboxylic acids is 1. The molecule has 2 rings (SSSR count). The number of rotatable bonds is 3. The second-order valence-corrected chi connectivity index (χ2v) is 7.16. The molecule has 0 unspecified atom stereocenters. The van der Waals surface area contributed by atoms with Crippen molar-refractivity contribution in [2.75, 3.05) is 13.1 Å². The zero-order valence-corrected chi connectivity index (χ0v) is 13.6. The van der Waals surface area contributed by atoms with Gasteiger partial charge in [-0.05, 0) is 41.9 Å². The molecule has 22 heavy (non-hydrogen) atoms. The minimum Gasteiger partial charge on any atom is -0.481 e. The summed E-state index contributed by atoms with van der Waals surface area (Å²) in [7, 11) is 0. The number of amides is 1. The predicted molar refractivity (Wildman–Crippen MR) is 86.0 cm³/mol. The molecule has 0 atom stereocenters. The number of carbonyl (C=O) groups is 2. The first-order valence-electron chi connectivity index (χ1n) is 7.89. The van der Waals surface area contributed by atoms with Crippen LogP contribution in [0.2, 0.25) is 0 Å². The summed E-state index contributed by atoms with van der Waals surface area (Å²) < 4.78 is 0. The van der Waals surface area contributed by atoms with Crippen molar-refractivity contribution in [1.29, 1.82) is 0 Å². The van der Waals surface area contributed by atoms with E-state index in [0.717, 1.165) is 12.8 Å². The Balaban J connectivity index is 1.97. The summed E-state index contributed by atoms with van der Waals surface area (Å²) in [5.41, 5.74) is 2.01. The zero-order chi connectivity index (χ0) is 16.3. The van der Waals surface area contributed by atoms with Gasteiger partial charge in [-0.1, -0.05) is 32.9 Å². The minimum atomic E-state index is -0.748. The first kappa shape index (κ1) is 16.5. The number of piperidine rings is 1. The summed E-state index contributed by atoms with van der Waals surface area (Å²) in [4.78, 5) is 25.1. The molecule has 1 aliphatic heterocycles. The molecule has 0 aliphatic carbocycles. The fourth-order valence-electron chi connectivity index (χ4n) is 2.88. The third-order valence-corrected chi connectivity index (χ3v) is 4.36. The highest BCUT2D eigenvalue weighted by molar-refractivity contribution is 5.94. The van der Waals surface area contributed by atoms with Crippen molar-refractivity contribution >= 4 is 11.9 Å². The number of carboxylic acid groups (broad SMARTS) is 1. The molecule has 4 nitrogen and oxygen atoms in total. The average molecular weight is 303 g/mol. The minimum absolute atomic E-state index is 0.0502. The van der Waals surface area contributed by atoms with Crippen LogP contribution in [0.1, 0.15) is 56.0 Å². The fraction of sp³-hybridized carbons (Fsp3) is 0.556. The number of nitrogens with zero attached hydrogens (tertiary/aromatic N) is 1. The molecule has 0 radical (unpaired) electrons. The monoisotopic (exact) mass is 303 g/mol. The fourth-order valence-corrected chi connectivity index (χ4v) is 2.88. The van der Waals surface area contributed by atoms with Gasteiger partial charge < -0.3 is 10.0 Å². The summed E-state index contributed by atoms with van der Waals surface area (Å²) in [5, 5.41) is 8.83. The lowest BCUT2D eigenvalue weighted by atomic mass is 9.86. The van der Waals surface area contributed by atoms with Gasteiger partial charge >= 0.3 is 5.97 Å². The highest BCUT2D eigenvalue weighted by atomic mass is 16.4. The molecule has 0 aromatic heterocycles. The van der Waals surface area contributed by atoms with Gasteiger partial charge in [0.1, 0.15) is 0 Å². The smallest absolute Gasteiger partial charge is 0.303 e. The van der Waals surface area contributed by atoms with Crippen LogP contribution in [0.15, 0.2) is 24.3 Å². The Bertz CT molecular complexity index is 534. The van der Waals surface area contributed by atoms with Gasteiger partial charge in [-0.25, -0.2) is 0 Å². The van der Waals surface area contributed by atoms with E-state index in [1.54, 1.807) is 0 Å². The van der Waals surface area contributed by atoms with Crippen LogP contribution in [-0.2, 0) is 10.2 Å². The molecule has 0 spiro atoms. The van der Waals surface area contributed by atoms with Gasteiger partial charge in [0.15, 0.2) is 0 Å². The van der Waals surface area contributed by atoms with Crippen molar-refractivity contribution in [3.8, 4) is 0 Å². The van der Waals surface area contributed by atoms with Crippen molar-refractivity contribution in [1.82, 2.24) is 4.90 Å². The highest BCUT2D eigenvalue weighted by Gasteiger charge is 2.25. The Hall–Kier alpha value is -1.84. The molecule has 1 heterocycles. The van der Waals surface area contributed by atoms with Gasteiger partial charge in [-0.15, -0.1) is 0 Å². The third kappa shape index (κ3) is 4.09. The molecule has 120 valence electrons. The average Bonchev–Trinajstić information content (AvgIpc) is 2.46. The van der Waals surface area contributed by atoms with Crippen molar-refractivity contribution in [3.63, 3.8) is 0 Å². The maximum absolute atomic E-state index is 12.5. The van der Waals surface area contributed by atoms with Crippen molar-refractivity contribution in [3.05, 3.63) is 35.4 Å². The van der Waals surface area contributed by atoms with E-state index in [9.17, 15) is 9.59 Å². The molecular formula is C18H25NO3. The van der Waals surface area contributed by atoms with Gasteiger partial charge in [-0.2, -0.15) is 0 Å². The topological polar surface area (TPSA) is 57.6 Å². The number of hydrogen-bond donors (Lipinski definition) is 1. The first-order valence-corrected chi connectivity index (χ1v) is 7.89. The van der Waals surface area contributed by atoms with E-state index in [-0.39, 0.29) is 23.7 Å². The Morgan fingerprint density at radius 2 is 1.68 bits per heavy atom. The van der Waals surface area contributed by atoms with Crippen LogP contribution >= 0.6 is 0 Å². The Labute approximate surface area is 132 Å². The summed E-state index contributed by atoms with van der Waals surface area (Å²) in [6.07, 6.45) is 1.76. The maximum Gasteiger partial charge on any atom is 0.303 e. The van der Waals surface area contributed by atoms with Crippen LogP contribution in [0.5, 0.6) is 0 Å². The van der Waals surface area contributed by atoms with E-state index in [1.165, 1.54) is 5.56 Å². The number of hydrogen-bond acceptors (Lipinski definition) is 2. The van der Waals surface area contributed by atoms with Crippen molar-refractivity contribution in [2.24, 2.45) is 5.92 Å². The number of carboxylic acids is 1. The van der Waals surface area contributed by atoms with Crippen LogP contribution in [0.25, 0.3) is 0 Å². The maximum atomic E-state index is 12.5. The molecular weight excluding hydrogens is 278 g/mol. The molecule has 4 heteroatoms. The van der Waals surface area contributed by atoms with E-state index in [2.05, 4.69) is 20.8 Å². The van der Waals surface area contributed by atoms with E-state index in [0.29, 0.717) is 18.7 Å². The molecule has 1 fully saturated rings. The molecule has 1 amide bonds. The second kappa shape index (κ2) is 6.51. The number of carbonyl (C=O) groups excluding carboxylic acids is 1. The molecule has 1 saturated heterocycles. The predicted octanol–water partition coefficient (Wildman–Crippen LogP) is 3.31. The molecule has 1 aromatic rings. The quantitative estimate of drug-likeness (QED) is 0.932. The molecule has 0 bridgehead atoms. The van der Waals surface area contributed by atoms with E-state index >= 15 is 0 Å². The van der Waals surface area contributed by atoms with Gasteiger partial charge in [0.05, 0.1) is 0 Å². The molecule has 1 aromatic carbocycles. The van der Waals surface area contributed by atoms with E-state index in [4.69, 9.17) is 5.11 Å². The number of benzene rings is 1. The van der Waals surface area contributed by atoms with Gasteiger partial charge in [0.25, 0.3) is 5.91 Å².